The van der Waals surface area contributed by atoms with E-state index in [2.05, 4.69) is 29.5 Å². The summed E-state index contributed by atoms with van der Waals surface area (Å²) in [6.45, 7) is 5.38. The second kappa shape index (κ2) is 21.0. The molecule has 0 bridgehead atoms. The number of nitrogens with zero attached hydrogens (tertiary/aromatic N) is 3. The van der Waals surface area contributed by atoms with Crippen LogP contribution in [0.15, 0.2) is 66.9 Å². The van der Waals surface area contributed by atoms with Gasteiger partial charge >= 0.3 is 5.97 Å². The summed E-state index contributed by atoms with van der Waals surface area (Å²) in [6, 6.07) is 15.1. The number of fused-ring (bicyclic) bond motifs is 1. The van der Waals surface area contributed by atoms with Crippen LogP contribution in [0.4, 0.5) is 4.39 Å². The van der Waals surface area contributed by atoms with Crippen molar-refractivity contribution in [1.82, 2.24) is 25.3 Å². The highest BCUT2D eigenvalue weighted by atomic mass is 35.5. The number of carboxylic acids is 1. The van der Waals surface area contributed by atoms with Gasteiger partial charge in [0, 0.05) is 80.2 Å². The molecule has 6 rings (SSSR count). The molecule has 1 unspecified atom stereocenters. The molecule has 1 aromatic heterocycles. The summed E-state index contributed by atoms with van der Waals surface area (Å²) < 4.78 is 29.2. The SMILES string of the molecule is COc1cc(-c2cccc(-c3cccc4c3cnn4C/C=C/C(Cl)[C@H](C)[C@H](CCN(C)CC3CCC(CC(=O)O)CC3)OC)c2Cl)cc(F)c1CNC[C@@H]1CCC(=O)N1. The molecule has 1 saturated heterocycles. The molecule has 2 heterocycles. The molecule has 4 aromatic rings. The Morgan fingerprint density at radius 1 is 1.10 bits per heavy atom. The van der Waals surface area contributed by atoms with Crippen LogP contribution in [0.5, 0.6) is 5.75 Å². The summed E-state index contributed by atoms with van der Waals surface area (Å²) in [5.74, 6) is 0.382. The van der Waals surface area contributed by atoms with E-state index in [0.717, 1.165) is 73.6 Å². The molecule has 1 amide bonds. The zero-order valence-electron chi connectivity index (χ0n) is 34.6. The van der Waals surface area contributed by atoms with Crippen molar-refractivity contribution >= 4 is 46.0 Å². The Morgan fingerprint density at radius 2 is 1.83 bits per heavy atom. The van der Waals surface area contributed by atoms with Crippen molar-refractivity contribution in [2.75, 3.05) is 40.9 Å². The number of methoxy groups -OCH3 is 2. The van der Waals surface area contributed by atoms with Crippen molar-refractivity contribution < 1.29 is 28.6 Å². The van der Waals surface area contributed by atoms with E-state index in [1.165, 1.54) is 13.2 Å². The van der Waals surface area contributed by atoms with Crippen molar-refractivity contribution in [3.63, 3.8) is 0 Å². The van der Waals surface area contributed by atoms with Crippen LogP contribution in [0.1, 0.15) is 63.9 Å². The van der Waals surface area contributed by atoms with Gasteiger partial charge in [0.25, 0.3) is 0 Å². The number of carbonyl (C=O) groups excluding carboxylic acids is 1. The van der Waals surface area contributed by atoms with E-state index in [0.29, 0.717) is 58.8 Å². The van der Waals surface area contributed by atoms with Crippen LogP contribution in [0.3, 0.4) is 0 Å². The van der Waals surface area contributed by atoms with Crippen LogP contribution in [0.2, 0.25) is 5.02 Å². The molecule has 59 heavy (non-hydrogen) atoms. The lowest BCUT2D eigenvalue weighted by molar-refractivity contribution is -0.138. The van der Waals surface area contributed by atoms with Crippen molar-refractivity contribution in [2.24, 2.45) is 17.8 Å². The minimum absolute atomic E-state index is 0.00454. The summed E-state index contributed by atoms with van der Waals surface area (Å²) >= 11 is 14.1. The van der Waals surface area contributed by atoms with Crippen LogP contribution in [-0.4, -0.2) is 90.1 Å². The maximum atomic E-state index is 15.7. The van der Waals surface area contributed by atoms with Gasteiger partial charge in [0.2, 0.25) is 5.91 Å². The van der Waals surface area contributed by atoms with Gasteiger partial charge in [-0.05, 0) is 86.7 Å². The molecule has 318 valence electrons. The number of hydrogen-bond acceptors (Lipinski definition) is 7. The van der Waals surface area contributed by atoms with Crippen LogP contribution in [0, 0.1) is 23.6 Å². The number of carboxylic acid groups (broad SMARTS) is 1. The molecule has 1 aliphatic heterocycles. The molecule has 3 N–H and O–H groups in total. The summed E-state index contributed by atoms with van der Waals surface area (Å²) in [6.07, 6.45) is 12.5. The van der Waals surface area contributed by atoms with E-state index in [9.17, 15) is 9.59 Å². The topological polar surface area (TPSA) is 118 Å². The maximum Gasteiger partial charge on any atom is 0.303 e. The molecular weight excluding hydrogens is 792 g/mol. The van der Waals surface area contributed by atoms with E-state index in [1.54, 1.807) is 7.11 Å². The Balaban J connectivity index is 1.07. The Morgan fingerprint density at radius 3 is 2.54 bits per heavy atom. The average Bonchev–Trinajstić information content (AvgIpc) is 3.84. The van der Waals surface area contributed by atoms with Crippen LogP contribution in [-0.2, 0) is 27.4 Å². The number of aliphatic carboxylic acids is 1. The number of allylic oxidation sites excluding steroid dienone is 2. The zero-order chi connectivity index (χ0) is 42.1. The van der Waals surface area contributed by atoms with Crippen LogP contribution >= 0.6 is 23.2 Å². The van der Waals surface area contributed by atoms with Gasteiger partial charge in [-0.3, -0.25) is 14.3 Å². The summed E-state index contributed by atoms with van der Waals surface area (Å²) in [4.78, 5) is 25.0. The van der Waals surface area contributed by atoms with Crippen molar-refractivity contribution in [2.45, 2.75) is 88.9 Å². The maximum absolute atomic E-state index is 15.7. The molecule has 13 heteroatoms. The monoisotopic (exact) mass is 849 g/mol. The number of ether oxygens (including phenoxy) is 2. The number of benzene rings is 3. The van der Waals surface area contributed by atoms with E-state index >= 15 is 4.39 Å². The molecule has 2 fully saturated rings. The second-order valence-corrected chi connectivity index (χ2v) is 17.2. The Hall–Kier alpha value is -4.00. The summed E-state index contributed by atoms with van der Waals surface area (Å²) in [5, 5.41) is 21.2. The fourth-order valence-corrected chi connectivity index (χ4v) is 9.38. The lowest BCUT2D eigenvalue weighted by atomic mass is 9.80. The minimum atomic E-state index is -0.688. The zero-order valence-corrected chi connectivity index (χ0v) is 36.1. The fraction of sp³-hybridized carbons (Fsp3) is 0.500. The van der Waals surface area contributed by atoms with Gasteiger partial charge in [-0.1, -0.05) is 61.0 Å². The van der Waals surface area contributed by atoms with Crippen molar-refractivity contribution in [3.05, 3.63) is 83.3 Å². The van der Waals surface area contributed by atoms with Gasteiger partial charge < -0.3 is 30.1 Å². The summed E-state index contributed by atoms with van der Waals surface area (Å²) in [5.41, 5.74) is 4.37. The van der Waals surface area contributed by atoms with Gasteiger partial charge in [-0.15, -0.1) is 11.6 Å². The first-order chi connectivity index (χ1) is 28.4. The fourth-order valence-electron chi connectivity index (χ4n) is 8.78. The number of rotatable bonds is 20. The quantitative estimate of drug-likeness (QED) is 0.0597. The normalized spacial score (nSPS) is 20.0. The van der Waals surface area contributed by atoms with E-state index in [-0.39, 0.29) is 42.3 Å². The standard InChI is InChI=1S/C46H58Cl2FN5O5/c1-29(42(58-3)19-21-53(2)28-31-15-13-30(14-16-31)22-45(56)57)39(47)11-7-20-54-41-12-6-9-35(37(41)27-51-54)36-10-5-8-34(46(36)48)32-23-40(49)38(43(24-32)59-4)26-50-25-33-17-18-44(55)52-33/h5-12,23-24,27,29-31,33,39,42,50H,13-22,25-26,28H2,1-4H3,(H,52,55)(H,56,57)/b11-7+/t29-,30?,31?,33-,39?,42-/m0/s1. The summed E-state index contributed by atoms with van der Waals surface area (Å²) in [7, 11) is 5.43. The highest BCUT2D eigenvalue weighted by molar-refractivity contribution is 6.36. The molecule has 1 aliphatic carbocycles. The third-order valence-corrected chi connectivity index (χ3v) is 13.2. The van der Waals surface area contributed by atoms with Gasteiger partial charge in [0.1, 0.15) is 11.6 Å². The van der Waals surface area contributed by atoms with Gasteiger partial charge in [-0.2, -0.15) is 5.10 Å². The first-order valence-corrected chi connectivity index (χ1v) is 21.6. The Bertz CT molecular complexity index is 2090. The number of aromatic nitrogens is 2. The number of hydrogen-bond donors (Lipinski definition) is 3. The van der Waals surface area contributed by atoms with Gasteiger partial charge in [-0.25, -0.2) is 4.39 Å². The van der Waals surface area contributed by atoms with Crippen LogP contribution in [0.25, 0.3) is 33.2 Å². The Labute approximate surface area is 357 Å². The highest BCUT2D eigenvalue weighted by Gasteiger charge is 2.27. The third kappa shape index (κ3) is 11.4. The smallest absolute Gasteiger partial charge is 0.303 e. The molecule has 3 aromatic carbocycles. The van der Waals surface area contributed by atoms with Gasteiger partial charge in [0.15, 0.2) is 0 Å². The molecule has 10 nitrogen and oxygen atoms in total. The number of halogens is 3. The highest BCUT2D eigenvalue weighted by Crippen LogP contribution is 2.41. The Kier molecular flexibility index (Phi) is 15.9. The molecule has 2 aliphatic rings. The largest absolute Gasteiger partial charge is 0.496 e. The van der Waals surface area contributed by atoms with E-state index in [4.69, 9.17) is 42.9 Å². The van der Waals surface area contributed by atoms with Crippen molar-refractivity contribution in [3.8, 4) is 28.0 Å². The third-order valence-electron chi connectivity index (χ3n) is 12.2. The van der Waals surface area contributed by atoms with E-state index < -0.39 is 11.8 Å². The van der Waals surface area contributed by atoms with E-state index in [1.807, 2.05) is 65.5 Å². The number of alkyl halides is 1. The molecule has 4 atom stereocenters. The predicted octanol–water partition coefficient (Wildman–Crippen LogP) is 8.96. The lowest BCUT2D eigenvalue weighted by Gasteiger charge is -2.32. The molecule has 0 radical (unpaired) electrons. The predicted molar refractivity (Wildman–Crippen MR) is 234 cm³/mol. The van der Waals surface area contributed by atoms with Gasteiger partial charge in [0.05, 0.1) is 41.9 Å². The number of carbonyl (C=O) groups is 2. The number of nitrogens with one attached hydrogen (secondary N) is 2. The van der Waals surface area contributed by atoms with Crippen molar-refractivity contribution in [1.29, 1.82) is 0 Å². The second-order valence-electron chi connectivity index (χ2n) is 16.3. The first kappa shape index (κ1) is 44.5. The molecule has 0 spiro atoms. The van der Waals surface area contributed by atoms with Crippen LogP contribution < -0.4 is 15.4 Å². The molecule has 1 saturated carbocycles. The average molecular weight is 851 g/mol. The number of amides is 1. The lowest BCUT2D eigenvalue weighted by Crippen LogP contribution is -2.35. The molecular formula is C46H58Cl2FN5O5. The minimum Gasteiger partial charge on any atom is -0.496 e. The first-order valence-electron chi connectivity index (χ1n) is 20.8.